The van der Waals surface area contributed by atoms with Crippen molar-refractivity contribution in [3.8, 4) is 0 Å². The predicted molar refractivity (Wildman–Crippen MR) is 91.8 cm³/mol. The Bertz CT molecular complexity index is 516. The molecular weight excluding hydrogens is 282 g/mol. The molecule has 0 bridgehead atoms. The second kappa shape index (κ2) is 6.71. The Balaban J connectivity index is 1.82. The number of nitrogen functional groups attached to an aromatic ring is 1. The molecule has 1 aliphatic rings. The van der Waals surface area contributed by atoms with E-state index in [1.807, 2.05) is 36.9 Å². The van der Waals surface area contributed by atoms with E-state index < -0.39 is 0 Å². The van der Waals surface area contributed by atoms with Crippen molar-refractivity contribution in [1.82, 2.24) is 4.90 Å². The van der Waals surface area contributed by atoms with Crippen molar-refractivity contribution in [3.05, 3.63) is 23.8 Å². The van der Waals surface area contributed by atoms with E-state index in [4.69, 9.17) is 5.73 Å². The van der Waals surface area contributed by atoms with Gasteiger partial charge < -0.3 is 16.0 Å². The summed E-state index contributed by atoms with van der Waals surface area (Å²) in [5.74, 6) is 1.21. The molecule has 1 aromatic carbocycles. The maximum atomic E-state index is 12.1. The van der Waals surface area contributed by atoms with Crippen molar-refractivity contribution in [2.24, 2.45) is 0 Å². The Labute approximate surface area is 131 Å². The maximum absolute atomic E-state index is 12.1. The second-order valence-electron chi connectivity index (χ2n) is 6.26. The lowest BCUT2D eigenvalue weighted by Gasteiger charge is -2.37. The second-order valence-corrected chi connectivity index (χ2v) is 8.06. The van der Waals surface area contributed by atoms with Crippen LogP contribution in [0.2, 0.25) is 0 Å². The zero-order chi connectivity index (χ0) is 15.5. The summed E-state index contributed by atoms with van der Waals surface area (Å²) in [5.41, 5.74) is 8.29. The van der Waals surface area contributed by atoms with E-state index in [-0.39, 0.29) is 5.91 Å². The zero-order valence-corrected chi connectivity index (χ0v) is 13.9. The van der Waals surface area contributed by atoms with Crippen LogP contribution in [0.5, 0.6) is 0 Å². The number of aryl methyl sites for hydroxylation is 1. The molecule has 0 unspecified atom stereocenters. The Morgan fingerprint density at radius 3 is 2.90 bits per heavy atom. The Hall–Kier alpha value is -1.20. The molecule has 0 aromatic heterocycles. The molecular formula is C16H25N3OS. The van der Waals surface area contributed by atoms with E-state index in [1.165, 1.54) is 0 Å². The minimum atomic E-state index is 0.0684. The molecule has 5 heteroatoms. The summed E-state index contributed by atoms with van der Waals surface area (Å²) in [4.78, 5) is 14.5. The van der Waals surface area contributed by atoms with Gasteiger partial charge in [0.1, 0.15) is 0 Å². The van der Waals surface area contributed by atoms with Crippen LogP contribution in [0.15, 0.2) is 18.2 Å². The van der Waals surface area contributed by atoms with Crippen LogP contribution in [0, 0.1) is 6.92 Å². The van der Waals surface area contributed by atoms with Gasteiger partial charge in [-0.2, -0.15) is 11.8 Å². The fraction of sp³-hybridized carbons (Fsp3) is 0.562. The highest BCUT2D eigenvalue weighted by Crippen LogP contribution is 2.29. The standard InChI is InChI=1S/C16H25N3OS/c1-12-10-13(17)4-5-14(12)18-15(20)6-7-19-8-9-21-16(2,3)11-19/h4-5,10H,6-9,11,17H2,1-3H3,(H,18,20). The SMILES string of the molecule is Cc1cc(N)ccc1NC(=O)CCN1CCSC(C)(C)C1. The summed E-state index contributed by atoms with van der Waals surface area (Å²) in [7, 11) is 0. The third-order valence-corrected chi connectivity index (χ3v) is 4.98. The monoisotopic (exact) mass is 307 g/mol. The largest absolute Gasteiger partial charge is 0.399 e. The highest BCUT2D eigenvalue weighted by molar-refractivity contribution is 8.00. The smallest absolute Gasteiger partial charge is 0.225 e. The normalized spacial score (nSPS) is 18.4. The molecule has 3 N–H and O–H groups in total. The van der Waals surface area contributed by atoms with E-state index in [2.05, 4.69) is 24.1 Å². The zero-order valence-electron chi connectivity index (χ0n) is 13.1. The molecule has 1 aromatic rings. The van der Waals surface area contributed by atoms with E-state index >= 15 is 0 Å². The van der Waals surface area contributed by atoms with Crippen LogP contribution >= 0.6 is 11.8 Å². The summed E-state index contributed by atoms with van der Waals surface area (Å²) >= 11 is 2.01. The third-order valence-electron chi connectivity index (χ3n) is 3.68. The molecule has 0 spiro atoms. The lowest BCUT2D eigenvalue weighted by Crippen LogP contribution is -2.44. The molecule has 4 nitrogen and oxygen atoms in total. The van der Waals surface area contributed by atoms with Crippen LogP contribution in [0.4, 0.5) is 11.4 Å². The molecule has 0 aliphatic carbocycles. The first-order valence-electron chi connectivity index (χ1n) is 7.38. The molecule has 0 saturated carbocycles. The predicted octanol–water partition coefficient (Wildman–Crippen LogP) is 2.73. The fourth-order valence-corrected chi connectivity index (χ4v) is 3.78. The van der Waals surface area contributed by atoms with Crippen molar-refractivity contribution >= 4 is 29.0 Å². The maximum Gasteiger partial charge on any atom is 0.225 e. The summed E-state index contributed by atoms with van der Waals surface area (Å²) in [6.45, 7) is 9.43. The number of thioether (sulfide) groups is 1. The number of hydrogen-bond donors (Lipinski definition) is 2. The van der Waals surface area contributed by atoms with Gasteiger partial charge in [-0.25, -0.2) is 0 Å². The van der Waals surface area contributed by atoms with Gasteiger partial charge in [-0.3, -0.25) is 4.79 Å². The first-order valence-corrected chi connectivity index (χ1v) is 8.37. The number of nitrogens with one attached hydrogen (secondary N) is 1. The Morgan fingerprint density at radius 1 is 1.48 bits per heavy atom. The summed E-state index contributed by atoms with van der Waals surface area (Å²) in [5, 5.41) is 2.97. The average molecular weight is 307 g/mol. The Morgan fingerprint density at radius 2 is 2.24 bits per heavy atom. The lowest BCUT2D eigenvalue weighted by molar-refractivity contribution is -0.116. The lowest BCUT2D eigenvalue weighted by atomic mass is 10.1. The molecule has 1 aliphatic heterocycles. The number of benzene rings is 1. The van der Waals surface area contributed by atoms with Crippen molar-refractivity contribution in [2.75, 3.05) is 36.4 Å². The van der Waals surface area contributed by atoms with Crippen molar-refractivity contribution < 1.29 is 4.79 Å². The van der Waals surface area contributed by atoms with Crippen LogP contribution in [-0.4, -0.2) is 40.9 Å². The van der Waals surface area contributed by atoms with Gasteiger partial charge in [0.05, 0.1) is 0 Å². The van der Waals surface area contributed by atoms with Crippen LogP contribution < -0.4 is 11.1 Å². The number of carbonyl (C=O) groups excluding carboxylic acids is 1. The molecule has 2 rings (SSSR count). The van der Waals surface area contributed by atoms with Crippen molar-refractivity contribution in [1.29, 1.82) is 0 Å². The molecule has 1 heterocycles. The first kappa shape index (κ1) is 16.2. The summed E-state index contributed by atoms with van der Waals surface area (Å²) < 4.78 is 0.294. The van der Waals surface area contributed by atoms with Gasteiger partial charge in [-0.15, -0.1) is 0 Å². The molecule has 0 radical (unpaired) electrons. The number of anilines is 2. The highest BCUT2D eigenvalue weighted by atomic mass is 32.2. The molecule has 116 valence electrons. The van der Waals surface area contributed by atoms with Gasteiger partial charge in [-0.1, -0.05) is 0 Å². The number of nitrogens with zero attached hydrogens (tertiary/aromatic N) is 1. The molecule has 0 atom stereocenters. The molecule has 1 amide bonds. The number of carbonyl (C=O) groups is 1. The number of amides is 1. The minimum Gasteiger partial charge on any atom is -0.399 e. The van der Waals surface area contributed by atoms with Gasteiger partial charge in [0.25, 0.3) is 0 Å². The summed E-state index contributed by atoms with van der Waals surface area (Å²) in [6.07, 6.45) is 0.532. The van der Waals surface area contributed by atoms with Gasteiger partial charge >= 0.3 is 0 Å². The first-order chi connectivity index (χ1) is 9.85. The van der Waals surface area contributed by atoms with Crippen LogP contribution in [0.25, 0.3) is 0 Å². The Kier molecular flexibility index (Phi) is 5.17. The summed E-state index contributed by atoms with van der Waals surface area (Å²) in [6, 6.07) is 5.55. The fourth-order valence-electron chi connectivity index (χ4n) is 2.60. The van der Waals surface area contributed by atoms with Gasteiger partial charge in [0, 0.05) is 47.9 Å². The topological polar surface area (TPSA) is 58.4 Å². The van der Waals surface area contributed by atoms with E-state index in [0.717, 1.165) is 42.3 Å². The van der Waals surface area contributed by atoms with Crippen LogP contribution in [-0.2, 0) is 4.79 Å². The number of nitrogens with two attached hydrogens (primary N) is 1. The number of rotatable bonds is 4. The van der Waals surface area contributed by atoms with E-state index in [9.17, 15) is 4.79 Å². The average Bonchev–Trinajstić information content (AvgIpc) is 2.39. The molecule has 1 fully saturated rings. The van der Waals surface area contributed by atoms with Gasteiger partial charge in [-0.05, 0) is 44.5 Å². The molecule has 1 saturated heterocycles. The number of hydrogen-bond acceptors (Lipinski definition) is 4. The van der Waals surface area contributed by atoms with Crippen LogP contribution in [0.3, 0.4) is 0 Å². The van der Waals surface area contributed by atoms with Gasteiger partial charge in [0.2, 0.25) is 5.91 Å². The van der Waals surface area contributed by atoms with Crippen LogP contribution in [0.1, 0.15) is 25.8 Å². The van der Waals surface area contributed by atoms with E-state index in [0.29, 0.717) is 11.2 Å². The quantitative estimate of drug-likeness (QED) is 0.840. The minimum absolute atomic E-state index is 0.0684. The van der Waals surface area contributed by atoms with Crippen molar-refractivity contribution in [3.63, 3.8) is 0 Å². The third kappa shape index (κ3) is 4.93. The van der Waals surface area contributed by atoms with Gasteiger partial charge in [0.15, 0.2) is 0 Å². The highest BCUT2D eigenvalue weighted by Gasteiger charge is 2.26. The van der Waals surface area contributed by atoms with Crippen molar-refractivity contribution in [2.45, 2.75) is 31.9 Å². The molecule has 21 heavy (non-hydrogen) atoms. The van der Waals surface area contributed by atoms with E-state index in [1.54, 1.807) is 0 Å².